The average molecular weight is 621 g/mol. The number of rotatable bonds is 6. The quantitative estimate of drug-likeness (QED) is 0.301. The Bertz CT molecular complexity index is 2050. The molecule has 3 aromatic heterocycles. The van der Waals surface area contributed by atoms with E-state index < -0.39 is 21.3 Å². The fraction of sp³-hybridized carbons (Fsp3) is 0.323. The number of halogens is 1. The number of pyridine rings is 2. The summed E-state index contributed by atoms with van der Waals surface area (Å²) in [6.07, 6.45) is 2.29. The van der Waals surface area contributed by atoms with E-state index in [2.05, 4.69) is 16.5 Å². The Labute approximate surface area is 253 Å². The van der Waals surface area contributed by atoms with Crippen LogP contribution in [0.4, 0.5) is 10.2 Å². The van der Waals surface area contributed by atoms with Gasteiger partial charge in [0.15, 0.2) is 21.3 Å². The third-order valence-electron chi connectivity index (χ3n) is 7.89. The van der Waals surface area contributed by atoms with Crippen molar-refractivity contribution in [2.75, 3.05) is 30.8 Å². The zero-order valence-electron chi connectivity index (χ0n) is 25.1. The smallest absolute Gasteiger partial charge is 0.350 e. The summed E-state index contributed by atoms with van der Waals surface area (Å²) in [7, 11) is -2.37. The summed E-state index contributed by atoms with van der Waals surface area (Å²) in [4.78, 5) is 51.2. The number of sulfone groups is 1. The van der Waals surface area contributed by atoms with E-state index in [1.807, 2.05) is 25.7 Å². The molecule has 4 heterocycles. The molecule has 1 saturated heterocycles. The second-order valence-corrected chi connectivity index (χ2v) is 13.2. The molecule has 0 N–H and O–H groups in total. The van der Waals surface area contributed by atoms with Gasteiger partial charge in [0.2, 0.25) is 5.91 Å². The van der Waals surface area contributed by atoms with Crippen molar-refractivity contribution < 1.29 is 17.6 Å². The third-order valence-corrected chi connectivity index (χ3v) is 9.02. The minimum Gasteiger partial charge on any atom is -0.350 e. The van der Waals surface area contributed by atoms with Gasteiger partial charge in [0, 0.05) is 45.0 Å². The van der Waals surface area contributed by atoms with E-state index in [1.165, 1.54) is 48.0 Å². The molecule has 1 atom stereocenters. The van der Waals surface area contributed by atoms with Crippen molar-refractivity contribution in [3.63, 3.8) is 0 Å². The lowest BCUT2D eigenvalue weighted by Crippen LogP contribution is -2.54. The lowest BCUT2D eigenvalue weighted by atomic mass is 10.0. The van der Waals surface area contributed by atoms with Crippen LogP contribution < -0.4 is 16.1 Å². The Morgan fingerprint density at radius 1 is 1.11 bits per heavy atom. The number of aromatic nitrogens is 4. The number of carbonyl (C=O) groups is 1. The number of benzene rings is 1. The monoisotopic (exact) mass is 620 g/mol. The third kappa shape index (κ3) is 5.32. The summed E-state index contributed by atoms with van der Waals surface area (Å²) in [6, 6.07) is 9.98. The highest BCUT2D eigenvalue weighted by molar-refractivity contribution is 7.90. The van der Waals surface area contributed by atoms with Crippen LogP contribution in [0.1, 0.15) is 32.3 Å². The number of piperazine rings is 1. The van der Waals surface area contributed by atoms with Gasteiger partial charge in [-0.25, -0.2) is 27.2 Å². The fourth-order valence-corrected chi connectivity index (χ4v) is 6.54. The molecule has 1 aliphatic heterocycles. The van der Waals surface area contributed by atoms with Gasteiger partial charge >= 0.3 is 5.69 Å². The molecule has 4 aromatic rings. The predicted octanol–water partition coefficient (Wildman–Crippen LogP) is 3.04. The first-order valence-corrected chi connectivity index (χ1v) is 15.9. The molecule has 0 radical (unpaired) electrons. The fourth-order valence-electron chi connectivity index (χ4n) is 5.65. The first kappa shape index (κ1) is 30.8. The summed E-state index contributed by atoms with van der Waals surface area (Å²) in [5.41, 5.74) is -0.616. The second-order valence-electron chi connectivity index (χ2n) is 11.2. The number of amides is 1. The maximum atomic E-state index is 16.0. The maximum absolute atomic E-state index is 16.0. The van der Waals surface area contributed by atoms with Crippen LogP contribution in [0.2, 0.25) is 0 Å². The van der Waals surface area contributed by atoms with E-state index in [0.717, 1.165) is 10.8 Å². The van der Waals surface area contributed by atoms with Crippen LogP contribution in [0.25, 0.3) is 28.1 Å². The van der Waals surface area contributed by atoms with E-state index in [1.54, 1.807) is 17.0 Å². The molecule has 1 amide bonds. The van der Waals surface area contributed by atoms with Crippen LogP contribution in [0.15, 0.2) is 69.6 Å². The normalized spacial score (nSPS) is 15.7. The second kappa shape index (κ2) is 11.5. The van der Waals surface area contributed by atoms with Gasteiger partial charge in [-0.15, -0.1) is 0 Å². The molecule has 230 valence electrons. The van der Waals surface area contributed by atoms with Crippen molar-refractivity contribution in [3.05, 3.63) is 87.3 Å². The molecule has 0 bridgehead atoms. The first-order valence-electron chi connectivity index (χ1n) is 14.1. The number of anilines is 1. The molecule has 44 heavy (non-hydrogen) atoms. The average Bonchev–Trinajstić information content (AvgIpc) is 2.97. The van der Waals surface area contributed by atoms with Crippen molar-refractivity contribution in [2.45, 2.75) is 37.6 Å². The van der Waals surface area contributed by atoms with Crippen molar-refractivity contribution in [3.8, 4) is 17.1 Å². The Kier molecular flexibility index (Phi) is 8.02. The highest BCUT2D eigenvalue weighted by Gasteiger charge is 2.31. The SMILES string of the molecule is C=CC(=O)N1CCN(c2nc(=O)n(-c3c(C(C)C)cccc3S(C)(=O)=O)c3nc(-c4cccc(=O)n4C)c(F)cc23)[C@@H](C)C1. The van der Waals surface area contributed by atoms with Gasteiger partial charge in [-0.3, -0.25) is 9.59 Å². The predicted molar refractivity (Wildman–Crippen MR) is 167 cm³/mol. The van der Waals surface area contributed by atoms with E-state index >= 15 is 4.39 Å². The van der Waals surface area contributed by atoms with Crippen LogP contribution in [0.3, 0.4) is 0 Å². The van der Waals surface area contributed by atoms with E-state index in [9.17, 15) is 22.8 Å². The van der Waals surface area contributed by atoms with Crippen LogP contribution in [0.5, 0.6) is 0 Å². The Morgan fingerprint density at radius 2 is 1.82 bits per heavy atom. The first-order chi connectivity index (χ1) is 20.7. The molecule has 5 rings (SSSR count). The maximum Gasteiger partial charge on any atom is 0.355 e. The van der Waals surface area contributed by atoms with Gasteiger partial charge < -0.3 is 14.4 Å². The highest BCUT2D eigenvalue weighted by atomic mass is 32.2. The molecule has 11 nitrogen and oxygen atoms in total. The van der Waals surface area contributed by atoms with Crippen molar-refractivity contribution in [2.24, 2.45) is 7.05 Å². The molecule has 1 aromatic carbocycles. The van der Waals surface area contributed by atoms with E-state index in [0.29, 0.717) is 25.2 Å². The largest absolute Gasteiger partial charge is 0.355 e. The lowest BCUT2D eigenvalue weighted by Gasteiger charge is -2.40. The van der Waals surface area contributed by atoms with Crippen molar-refractivity contribution in [1.29, 1.82) is 0 Å². The summed E-state index contributed by atoms with van der Waals surface area (Å²) in [5.74, 6) is -1.05. The molecule has 1 aliphatic rings. The minimum atomic E-state index is -3.85. The molecular formula is C31H33FN6O5S. The van der Waals surface area contributed by atoms with Crippen LogP contribution in [-0.4, -0.2) is 70.3 Å². The van der Waals surface area contributed by atoms with Gasteiger partial charge in [0.25, 0.3) is 5.56 Å². The Balaban J connectivity index is 1.89. The summed E-state index contributed by atoms with van der Waals surface area (Å²) in [5, 5.41) is 0.167. The molecule has 13 heteroatoms. The molecule has 0 saturated carbocycles. The Morgan fingerprint density at radius 3 is 2.45 bits per heavy atom. The standard InChI is InChI=1S/C31H33FN6O5S/c1-7-25(39)36-14-15-37(19(4)17-36)29-21-16-22(32)27(23-11-9-13-26(40)35(23)5)33-30(21)38(31(41)34-29)28-20(18(2)3)10-8-12-24(28)44(6,42)43/h7-13,16,18-19H,1,14-15,17H2,2-6H3/t19-/m0/s1. The number of fused-ring (bicyclic) bond motifs is 1. The highest BCUT2D eigenvalue weighted by Crippen LogP contribution is 2.35. The minimum absolute atomic E-state index is 0.0255. The Hall–Kier alpha value is -4.65. The number of hydrogen-bond acceptors (Lipinski definition) is 8. The van der Waals surface area contributed by atoms with Crippen LogP contribution in [0, 0.1) is 5.82 Å². The molecule has 1 fully saturated rings. The van der Waals surface area contributed by atoms with E-state index in [4.69, 9.17) is 0 Å². The molecule has 0 unspecified atom stereocenters. The van der Waals surface area contributed by atoms with Crippen LogP contribution in [-0.2, 0) is 21.7 Å². The number of carbonyl (C=O) groups excluding carboxylic acids is 1. The van der Waals surface area contributed by atoms with Gasteiger partial charge in [0.1, 0.15) is 11.5 Å². The lowest BCUT2D eigenvalue weighted by molar-refractivity contribution is -0.126. The summed E-state index contributed by atoms with van der Waals surface area (Å²) < 4.78 is 44.5. The van der Waals surface area contributed by atoms with Gasteiger partial charge in [-0.2, -0.15) is 4.98 Å². The van der Waals surface area contributed by atoms with Crippen LogP contribution >= 0.6 is 0 Å². The summed E-state index contributed by atoms with van der Waals surface area (Å²) >= 11 is 0. The molecule has 0 spiro atoms. The van der Waals surface area contributed by atoms with Crippen molar-refractivity contribution >= 4 is 32.6 Å². The molecular weight excluding hydrogens is 587 g/mol. The topological polar surface area (TPSA) is 127 Å². The number of hydrogen-bond donors (Lipinski definition) is 0. The van der Waals surface area contributed by atoms with Gasteiger partial charge in [0.05, 0.1) is 21.7 Å². The zero-order valence-corrected chi connectivity index (χ0v) is 25.9. The van der Waals surface area contributed by atoms with E-state index in [-0.39, 0.29) is 62.2 Å². The van der Waals surface area contributed by atoms with Gasteiger partial charge in [-0.1, -0.05) is 38.6 Å². The zero-order chi connectivity index (χ0) is 32.1. The van der Waals surface area contributed by atoms with Crippen molar-refractivity contribution in [1.82, 2.24) is 24.0 Å². The molecule has 0 aliphatic carbocycles. The van der Waals surface area contributed by atoms with Gasteiger partial charge in [-0.05, 0) is 42.7 Å². The number of para-hydroxylation sites is 1. The number of nitrogens with zero attached hydrogens (tertiary/aromatic N) is 6. The summed E-state index contributed by atoms with van der Waals surface area (Å²) in [6.45, 7) is 10.1.